The molecular weight excluding hydrogens is 318 g/mol. The molecule has 1 saturated heterocycles. The number of hydrogen-bond acceptors (Lipinski definition) is 6. The van der Waals surface area contributed by atoms with Gasteiger partial charge in [0, 0.05) is 19.0 Å². The summed E-state index contributed by atoms with van der Waals surface area (Å²) in [5.41, 5.74) is 0.807. The Kier molecular flexibility index (Phi) is 4.36. The predicted molar refractivity (Wildman–Crippen MR) is 82.8 cm³/mol. The molecule has 0 N–H and O–H groups in total. The van der Waals surface area contributed by atoms with Crippen molar-refractivity contribution in [3.8, 4) is 5.75 Å². The van der Waals surface area contributed by atoms with Gasteiger partial charge in [0.2, 0.25) is 16.4 Å². The minimum Gasteiger partial charge on any atom is -0.494 e. The molecule has 0 saturated carbocycles. The molecule has 1 atom stereocenters. The Balaban J connectivity index is 1.81. The number of rotatable bonds is 5. The number of hydrogen-bond donors (Lipinski definition) is 0. The van der Waals surface area contributed by atoms with Crippen LogP contribution < -0.4 is 4.74 Å². The fraction of sp³-hybridized carbons (Fsp3) is 0.467. The van der Waals surface area contributed by atoms with Crippen LogP contribution in [0.5, 0.6) is 5.75 Å². The molecule has 1 fully saturated rings. The van der Waals surface area contributed by atoms with E-state index in [-0.39, 0.29) is 10.8 Å². The smallest absolute Gasteiger partial charge is 0.243 e. The van der Waals surface area contributed by atoms with E-state index in [1.165, 1.54) is 10.7 Å². The molecule has 0 aliphatic carbocycles. The van der Waals surface area contributed by atoms with Gasteiger partial charge in [0.15, 0.2) is 5.82 Å². The van der Waals surface area contributed by atoms with Crippen molar-refractivity contribution in [2.24, 2.45) is 0 Å². The Morgan fingerprint density at radius 2 is 2.26 bits per heavy atom. The monoisotopic (exact) mass is 337 g/mol. The molecular formula is C15H19N3O4S. The number of sulfonamides is 1. The van der Waals surface area contributed by atoms with Crippen LogP contribution in [0.1, 0.15) is 30.7 Å². The first-order valence-electron chi connectivity index (χ1n) is 7.52. The van der Waals surface area contributed by atoms with Gasteiger partial charge in [-0.1, -0.05) is 5.16 Å². The van der Waals surface area contributed by atoms with Gasteiger partial charge < -0.3 is 9.26 Å². The molecule has 0 bridgehead atoms. The maximum atomic E-state index is 12.8. The lowest BCUT2D eigenvalue weighted by Gasteiger charge is -2.17. The second kappa shape index (κ2) is 6.29. The summed E-state index contributed by atoms with van der Waals surface area (Å²) < 4.78 is 37.3. The maximum absolute atomic E-state index is 12.8. The maximum Gasteiger partial charge on any atom is 0.243 e. The molecule has 8 heteroatoms. The van der Waals surface area contributed by atoms with Crippen LogP contribution in [0.25, 0.3) is 0 Å². The molecule has 2 heterocycles. The molecule has 3 rings (SSSR count). The van der Waals surface area contributed by atoms with Crippen molar-refractivity contribution < 1.29 is 17.7 Å². The van der Waals surface area contributed by atoms with E-state index in [0.29, 0.717) is 37.7 Å². The quantitative estimate of drug-likeness (QED) is 0.829. The van der Waals surface area contributed by atoms with Crippen molar-refractivity contribution in [1.82, 2.24) is 14.4 Å². The van der Waals surface area contributed by atoms with Crippen LogP contribution in [-0.2, 0) is 10.0 Å². The Bertz CT molecular complexity index is 774. The Labute approximate surface area is 135 Å². The lowest BCUT2D eigenvalue weighted by Crippen LogP contribution is -2.28. The van der Waals surface area contributed by atoms with Crippen molar-refractivity contribution in [2.45, 2.75) is 31.1 Å². The third-order valence-electron chi connectivity index (χ3n) is 3.98. The molecule has 0 radical (unpaired) electrons. The zero-order valence-corrected chi connectivity index (χ0v) is 13.9. The van der Waals surface area contributed by atoms with E-state index in [1.807, 2.05) is 13.8 Å². The molecule has 1 unspecified atom stereocenters. The standard InChI is InChI=1S/C15H19N3O4S/c1-3-21-14-5-4-13(8-11(14)2)23(19,20)18-7-6-12(9-18)15-16-10-22-17-15/h4-5,8,10,12H,3,6-7,9H2,1-2H3. The van der Waals surface area contributed by atoms with Crippen LogP contribution in [-0.4, -0.2) is 42.6 Å². The molecule has 1 aromatic carbocycles. The van der Waals surface area contributed by atoms with E-state index in [9.17, 15) is 8.42 Å². The summed E-state index contributed by atoms with van der Waals surface area (Å²) in [7, 11) is -3.53. The van der Waals surface area contributed by atoms with Crippen molar-refractivity contribution in [1.29, 1.82) is 0 Å². The SMILES string of the molecule is CCOc1ccc(S(=O)(=O)N2CCC(c3ncon3)C2)cc1C. The highest BCUT2D eigenvalue weighted by atomic mass is 32.2. The molecule has 0 amide bonds. The predicted octanol–water partition coefficient (Wildman–Crippen LogP) is 1.95. The highest BCUT2D eigenvalue weighted by Crippen LogP contribution is 2.30. The Hall–Kier alpha value is -1.93. The van der Waals surface area contributed by atoms with E-state index in [0.717, 1.165) is 5.56 Å². The first-order chi connectivity index (χ1) is 11.0. The van der Waals surface area contributed by atoms with Crippen LogP contribution >= 0.6 is 0 Å². The summed E-state index contributed by atoms with van der Waals surface area (Å²) in [5.74, 6) is 1.25. The fourth-order valence-corrected chi connectivity index (χ4v) is 4.35. The number of ether oxygens (including phenoxy) is 1. The van der Waals surface area contributed by atoms with E-state index in [4.69, 9.17) is 9.26 Å². The second-order valence-electron chi connectivity index (χ2n) is 5.50. The van der Waals surface area contributed by atoms with Crippen LogP contribution in [0.2, 0.25) is 0 Å². The van der Waals surface area contributed by atoms with Crippen molar-refractivity contribution in [2.75, 3.05) is 19.7 Å². The third kappa shape index (κ3) is 3.09. The lowest BCUT2D eigenvalue weighted by molar-refractivity contribution is 0.337. The minimum atomic E-state index is -3.53. The summed E-state index contributed by atoms with van der Waals surface area (Å²) in [4.78, 5) is 4.30. The Morgan fingerprint density at radius 1 is 1.43 bits per heavy atom. The molecule has 0 spiro atoms. The summed E-state index contributed by atoms with van der Waals surface area (Å²) in [5, 5.41) is 3.81. The number of aromatic nitrogens is 2. The first-order valence-corrected chi connectivity index (χ1v) is 8.96. The van der Waals surface area contributed by atoms with Gasteiger partial charge in [0.1, 0.15) is 5.75 Å². The Morgan fingerprint density at radius 3 is 2.91 bits per heavy atom. The van der Waals surface area contributed by atoms with E-state index >= 15 is 0 Å². The van der Waals surface area contributed by atoms with Crippen LogP contribution in [0.3, 0.4) is 0 Å². The van der Waals surface area contributed by atoms with Gasteiger partial charge in [0.05, 0.1) is 11.5 Å². The number of nitrogens with zero attached hydrogens (tertiary/aromatic N) is 3. The normalized spacial score (nSPS) is 19.1. The van der Waals surface area contributed by atoms with Crippen LogP contribution in [0.15, 0.2) is 34.0 Å². The van der Waals surface area contributed by atoms with Gasteiger partial charge in [-0.3, -0.25) is 0 Å². The highest BCUT2D eigenvalue weighted by Gasteiger charge is 2.35. The van der Waals surface area contributed by atoms with Crippen molar-refractivity contribution >= 4 is 10.0 Å². The highest BCUT2D eigenvalue weighted by molar-refractivity contribution is 7.89. The third-order valence-corrected chi connectivity index (χ3v) is 5.84. The first kappa shape index (κ1) is 15.9. The van der Waals surface area contributed by atoms with Crippen LogP contribution in [0, 0.1) is 6.92 Å². The molecule has 124 valence electrons. The van der Waals surface area contributed by atoms with Gasteiger partial charge >= 0.3 is 0 Å². The van der Waals surface area contributed by atoms with Gasteiger partial charge in [-0.05, 0) is 44.0 Å². The number of aryl methyl sites for hydroxylation is 1. The zero-order valence-electron chi connectivity index (χ0n) is 13.1. The molecule has 23 heavy (non-hydrogen) atoms. The molecule has 1 aromatic heterocycles. The molecule has 1 aliphatic rings. The van der Waals surface area contributed by atoms with E-state index < -0.39 is 10.0 Å². The average molecular weight is 337 g/mol. The van der Waals surface area contributed by atoms with Gasteiger partial charge in [-0.25, -0.2) is 8.42 Å². The van der Waals surface area contributed by atoms with Crippen LogP contribution in [0.4, 0.5) is 0 Å². The lowest BCUT2D eigenvalue weighted by atomic mass is 10.1. The molecule has 1 aliphatic heterocycles. The molecule has 7 nitrogen and oxygen atoms in total. The summed E-state index contributed by atoms with van der Waals surface area (Å²) in [6, 6.07) is 4.95. The summed E-state index contributed by atoms with van der Waals surface area (Å²) in [6.45, 7) is 5.11. The van der Waals surface area contributed by atoms with E-state index in [2.05, 4.69) is 10.1 Å². The minimum absolute atomic E-state index is 0.0210. The molecule has 2 aromatic rings. The fourth-order valence-electron chi connectivity index (χ4n) is 2.76. The number of benzene rings is 1. The van der Waals surface area contributed by atoms with Gasteiger partial charge in [0.25, 0.3) is 0 Å². The van der Waals surface area contributed by atoms with Gasteiger partial charge in [-0.2, -0.15) is 9.29 Å². The van der Waals surface area contributed by atoms with Crippen molar-refractivity contribution in [3.05, 3.63) is 36.0 Å². The van der Waals surface area contributed by atoms with Gasteiger partial charge in [-0.15, -0.1) is 0 Å². The largest absolute Gasteiger partial charge is 0.494 e. The van der Waals surface area contributed by atoms with Crippen molar-refractivity contribution in [3.63, 3.8) is 0 Å². The zero-order chi connectivity index (χ0) is 16.4. The summed E-state index contributed by atoms with van der Waals surface area (Å²) >= 11 is 0. The summed E-state index contributed by atoms with van der Waals surface area (Å²) in [6.07, 6.45) is 1.96. The average Bonchev–Trinajstić information content (AvgIpc) is 3.20. The second-order valence-corrected chi connectivity index (χ2v) is 7.44. The van der Waals surface area contributed by atoms with E-state index in [1.54, 1.807) is 18.2 Å². The topological polar surface area (TPSA) is 85.5 Å².